The van der Waals surface area contributed by atoms with Gasteiger partial charge in [0.1, 0.15) is 6.17 Å². The number of halogens is 2. The second-order valence-corrected chi connectivity index (χ2v) is 9.73. The molecule has 0 aliphatic heterocycles. The molecule has 27 heavy (non-hydrogen) atoms. The van der Waals surface area contributed by atoms with Gasteiger partial charge >= 0.3 is 5.97 Å². The van der Waals surface area contributed by atoms with Gasteiger partial charge in [-0.25, -0.2) is 4.39 Å². The van der Waals surface area contributed by atoms with Crippen LogP contribution in [0.1, 0.15) is 39.5 Å². The number of esters is 1. The smallest absolute Gasteiger partial charge is 0.309 e. The van der Waals surface area contributed by atoms with Gasteiger partial charge in [0.25, 0.3) is 0 Å². The summed E-state index contributed by atoms with van der Waals surface area (Å²) in [5.74, 6) is -1.10. The minimum absolute atomic E-state index is 0.0187. The van der Waals surface area contributed by atoms with Crippen LogP contribution >= 0.6 is 11.6 Å². The SMILES string of the molecule is COC(=O)[C@H]1CCC2C3C[C@H](F)C4=CC(=O)C=C[C@]4(C)[C@@]3(Cl)[C@@H](O)C[C@@]21C. The number of hydrogen-bond donors (Lipinski definition) is 1. The first kappa shape index (κ1) is 19.1. The van der Waals surface area contributed by atoms with Crippen molar-refractivity contribution in [3.05, 3.63) is 23.8 Å². The van der Waals surface area contributed by atoms with Crippen LogP contribution in [0.25, 0.3) is 0 Å². The molecule has 6 heteroatoms. The minimum atomic E-state index is -1.28. The van der Waals surface area contributed by atoms with Crippen molar-refractivity contribution in [2.75, 3.05) is 7.11 Å². The summed E-state index contributed by atoms with van der Waals surface area (Å²) in [4.78, 5) is 23.1. The summed E-state index contributed by atoms with van der Waals surface area (Å²) >= 11 is 7.21. The van der Waals surface area contributed by atoms with E-state index in [0.29, 0.717) is 18.4 Å². The van der Waals surface area contributed by atoms with Gasteiger partial charge in [0.15, 0.2) is 5.78 Å². The van der Waals surface area contributed by atoms with Crippen molar-refractivity contribution in [2.24, 2.45) is 28.6 Å². The number of ketones is 1. The van der Waals surface area contributed by atoms with Crippen molar-refractivity contribution in [3.8, 4) is 0 Å². The average molecular weight is 397 g/mol. The molecule has 0 aromatic rings. The van der Waals surface area contributed by atoms with Gasteiger partial charge in [-0.15, -0.1) is 11.6 Å². The molecule has 0 bridgehead atoms. The first-order valence-corrected chi connectivity index (χ1v) is 10.0. The quantitative estimate of drug-likeness (QED) is 0.545. The lowest BCUT2D eigenvalue weighted by molar-refractivity contribution is -0.157. The lowest BCUT2D eigenvalue weighted by atomic mass is 9.46. The Bertz CT molecular complexity index is 763. The maximum Gasteiger partial charge on any atom is 0.309 e. The van der Waals surface area contributed by atoms with Crippen LogP contribution in [0.15, 0.2) is 23.8 Å². The molecule has 0 amide bonds. The molecule has 8 atom stereocenters. The Kier molecular flexibility index (Phi) is 4.18. The molecule has 1 N–H and O–H groups in total. The molecule has 0 aromatic heterocycles. The van der Waals surface area contributed by atoms with Crippen molar-refractivity contribution >= 4 is 23.4 Å². The molecule has 4 aliphatic carbocycles. The molecule has 4 aliphatic rings. The zero-order chi connectivity index (χ0) is 19.8. The van der Waals surface area contributed by atoms with Crippen molar-refractivity contribution < 1.29 is 23.8 Å². The molecule has 0 saturated heterocycles. The number of carbonyl (C=O) groups excluding carboxylic acids is 2. The fourth-order valence-electron chi connectivity index (χ4n) is 6.73. The van der Waals surface area contributed by atoms with E-state index in [9.17, 15) is 14.7 Å². The van der Waals surface area contributed by atoms with Crippen molar-refractivity contribution in [1.29, 1.82) is 0 Å². The predicted molar refractivity (Wildman–Crippen MR) is 98.9 cm³/mol. The number of aliphatic hydroxyl groups excluding tert-OH is 1. The van der Waals surface area contributed by atoms with Gasteiger partial charge in [-0.05, 0) is 60.7 Å². The predicted octanol–water partition coefficient (Wildman–Crippen LogP) is 3.36. The second-order valence-electron chi connectivity index (χ2n) is 9.10. The van der Waals surface area contributed by atoms with Crippen LogP contribution in [0.4, 0.5) is 4.39 Å². The topological polar surface area (TPSA) is 63.6 Å². The molecule has 4 nitrogen and oxygen atoms in total. The Morgan fingerprint density at radius 1 is 1.33 bits per heavy atom. The summed E-state index contributed by atoms with van der Waals surface area (Å²) in [5, 5.41) is 11.3. The molecule has 4 rings (SSSR count). The van der Waals surface area contributed by atoms with E-state index < -0.39 is 28.0 Å². The number of hydrogen-bond acceptors (Lipinski definition) is 4. The summed E-state index contributed by atoms with van der Waals surface area (Å²) in [7, 11) is 1.38. The van der Waals surface area contributed by atoms with E-state index >= 15 is 4.39 Å². The highest BCUT2D eigenvalue weighted by atomic mass is 35.5. The second kappa shape index (κ2) is 5.90. The summed E-state index contributed by atoms with van der Waals surface area (Å²) < 4.78 is 20.2. The van der Waals surface area contributed by atoms with Crippen molar-refractivity contribution in [2.45, 2.75) is 56.7 Å². The molecule has 148 valence electrons. The molecular weight excluding hydrogens is 371 g/mol. The third-order valence-electron chi connectivity index (χ3n) is 8.11. The molecule has 0 heterocycles. The zero-order valence-corrected chi connectivity index (χ0v) is 16.6. The Morgan fingerprint density at radius 2 is 2.04 bits per heavy atom. The summed E-state index contributed by atoms with van der Waals surface area (Å²) in [6.45, 7) is 3.83. The number of aliphatic hydroxyl groups is 1. The van der Waals surface area contributed by atoms with Crippen LogP contribution in [0.3, 0.4) is 0 Å². The third kappa shape index (κ3) is 2.24. The van der Waals surface area contributed by atoms with E-state index in [1.165, 1.54) is 19.3 Å². The first-order valence-electron chi connectivity index (χ1n) is 9.63. The Balaban J connectivity index is 1.81. The molecule has 0 radical (unpaired) electrons. The monoisotopic (exact) mass is 396 g/mol. The zero-order valence-electron chi connectivity index (χ0n) is 15.9. The van der Waals surface area contributed by atoms with E-state index in [2.05, 4.69) is 0 Å². The third-order valence-corrected chi connectivity index (χ3v) is 9.04. The van der Waals surface area contributed by atoms with E-state index in [1.54, 1.807) is 6.08 Å². The minimum Gasteiger partial charge on any atom is -0.469 e. The first-order chi connectivity index (χ1) is 12.6. The number of allylic oxidation sites excluding steroid dienone is 4. The maximum absolute atomic E-state index is 15.2. The highest BCUT2D eigenvalue weighted by Gasteiger charge is 2.71. The normalized spacial score (nSPS) is 51.1. The number of rotatable bonds is 1. The number of ether oxygens (including phenoxy) is 1. The van der Waals surface area contributed by atoms with Crippen LogP contribution in [0.5, 0.6) is 0 Å². The van der Waals surface area contributed by atoms with Crippen molar-refractivity contribution in [1.82, 2.24) is 0 Å². The largest absolute Gasteiger partial charge is 0.469 e. The summed E-state index contributed by atoms with van der Waals surface area (Å²) in [6, 6.07) is 0. The molecule has 0 spiro atoms. The standard InChI is InChI=1S/C21H26ClFO4/c1-19-10-17(25)21(22)14(12(19)4-5-13(19)18(26)27-3)9-16(23)15-8-11(24)6-7-20(15,21)2/h6-8,12-14,16-17,25H,4-5,9-10H2,1-3H3/t12?,13-,14?,16+,17+,19+,20+,21+/m1/s1. The lowest BCUT2D eigenvalue weighted by Crippen LogP contribution is -2.67. The van der Waals surface area contributed by atoms with Crippen LogP contribution in [0.2, 0.25) is 0 Å². The summed E-state index contributed by atoms with van der Waals surface area (Å²) in [5.41, 5.74) is -1.04. The fourth-order valence-corrected chi connectivity index (χ4v) is 7.22. The number of fused-ring (bicyclic) bond motifs is 5. The van der Waals surface area contributed by atoms with E-state index in [1.807, 2.05) is 13.8 Å². The lowest BCUT2D eigenvalue weighted by Gasteiger charge is -2.63. The van der Waals surface area contributed by atoms with Gasteiger partial charge in [-0.3, -0.25) is 9.59 Å². The highest BCUT2D eigenvalue weighted by molar-refractivity contribution is 6.26. The molecular formula is C21H26ClFO4. The van der Waals surface area contributed by atoms with Crippen LogP contribution in [-0.4, -0.2) is 41.1 Å². The van der Waals surface area contributed by atoms with Gasteiger partial charge < -0.3 is 9.84 Å². The average Bonchev–Trinajstić information content (AvgIpc) is 2.95. The summed E-state index contributed by atoms with van der Waals surface area (Å²) in [6.07, 6.45) is 4.18. The van der Waals surface area contributed by atoms with Gasteiger partial charge in [0, 0.05) is 5.41 Å². The fraction of sp³-hybridized carbons (Fsp3) is 0.714. The molecule has 3 saturated carbocycles. The Hall–Kier alpha value is -1.20. The molecule has 2 unspecified atom stereocenters. The molecule has 0 aromatic carbocycles. The van der Waals surface area contributed by atoms with E-state index in [-0.39, 0.29) is 35.9 Å². The van der Waals surface area contributed by atoms with Gasteiger partial charge in [-0.2, -0.15) is 0 Å². The number of alkyl halides is 2. The van der Waals surface area contributed by atoms with E-state index in [4.69, 9.17) is 16.3 Å². The number of carbonyl (C=O) groups is 2. The van der Waals surface area contributed by atoms with Crippen LogP contribution < -0.4 is 0 Å². The van der Waals surface area contributed by atoms with Crippen LogP contribution in [-0.2, 0) is 14.3 Å². The van der Waals surface area contributed by atoms with Gasteiger partial charge in [0.2, 0.25) is 0 Å². The Labute approximate surface area is 163 Å². The Morgan fingerprint density at radius 3 is 2.70 bits per heavy atom. The maximum atomic E-state index is 15.2. The van der Waals surface area contributed by atoms with E-state index in [0.717, 1.165) is 6.42 Å². The van der Waals surface area contributed by atoms with Gasteiger partial charge in [0.05, 0.1) is 24.0 Å². The van der Waals surface area contributed by atoms with Gasteiger partial charge in [-0.1, -0.05) is 19.9 Å². The van der Waals surface area contributed by atoms with Crippen molar-refractivity contribution in [3.63, 3.8) is 0 Å². The molecule has 3 fully saturated rings. The number of methoxy groups -OCH3 is 1. The highest BCUT2D eigenvalue weighted by Crippen LogP contribution is 2.69. The van der Waals surface area contributed by atoms with Crippen LogP contribution in [0, 0.1) is 28.6 Å².